The van der Waals surface area contributed by atoms with E-state index in [0.29, 0.717) is 0 Å². The predicted octanol–water partition coefficient (Wildman–Crippen LogP) is 3.30. The molecule has 0 spiro atoms. The lowest BCUT2D eigenvalue weighted by atomic mass is 9.98. The Balaban J connectivity index is 2.49. The first-order valence-corrected chi connectivity index (χ1v) is 7.02. The van der Waals surface area contributed by atoms with E-state index in [2.05, 4.69) is 67.1 Å². The highest BCUT2D eigenvalue weighted by atomic mass is 15.3. The minimum Gasteiger partial charge on any atom is -0.313 e. The lowest BCUT2D eigenvalue weighted by Crippen LogP contribution is -2.12. The van der Waals surface area contributed by atoms with Gasteiger partial charge in [-0.3, -0.25) is 4.68 Å². The van der Waals surface area contributed by atoms with Crippen molar-refractivity contribution in [1.82, 2.24) is 15.1 Å². The molecule has 2 rings (SSSR count). The second-order valence-electron chi connectivity index (χ2n) is 4.80. The molecule has 0 aliphatic heterocycles. The fourth-order valence-electron chi connectivity index (χ4n) is 2.57. The average Bonchev–Trinajstić information content (AvgIpc) is 2.71. The van der Waals surface area contributed by atoms with Gasteiger partial charge in [0.15, 0.2) is 0 Å². The van der Waals surface area contributed by atoms with Crippen molar-refractivity contribution in [2.75, 3.05) is 6.54 Å². The zero-order chi connectivity index (χ0) is 13.8. The topological polar surface area (TPSA) is 29.9 Å². The number of aromatic nitrogens is 2. The summed E-state index contributed by atoms with van der Waals surface area (Å²) < 4.78 is 2.08. The van der Waals surface area contributed by atoms with Crippen LogP contribution in [0, 0.1) is 13.8 Å². The van der Waals surface area contributed by atoms with Crippen LogP contribution in [0.1, 0.15) is 30.8 Å². The molecule has 3 heteroatoms. The zero-order valence-corrected chi connectivity index (χ0v) is 12.3. The highest BCUT2D eigenvalue weighted by Gasteiger charge is 2.15. The van der Waals surface area contributed by atoms with Crippen LogP contribution in [0.5, 0.6) is 0 Å². The van der Waals surface area contributed by atoms with Crippen molar-refractivity contribution in [2.45, 2.75) is 40.8 Å². The van der Waals surface area contributed by atoms with Crippen molar-refractivity contribution in [3.63, 3.8) is 0 Å². The van der Waals surface area contributed by atoms with Crippen molar-refractivity contribution < 1.29 is 0 Å². The van der Waals surface area contributed by atoms with Gasteiger partial charge in [-0.1, -0.05) is 31.2 Å². The third-order valence-corrected chi connectivity index (χ3v) is 3.53. The van der Waals surface area contributed by atoms with E-state index in [4.69, 9.17) is 0 Å². The number of nitrogens with zero attached hydrogens (tertiary/aromatic N) is 2. The molecule has 0 aliphatic carbocycles. The first-order chi connectivity index (χ1) is 9.19. The maximum atomic E-state index is 4.62. The predicted molar refractivity (Wildman–Crippen MR) is 80.2 cm³/mol. The average molecular weight is 257 g/mol. The maximum Gasteiger partial charge on any atom is 0.0675 e. The van der Waals surface area contributed by atoms with Gasteiger partial charge in [0.2, 0.25) is 0 Å². The van der Waals surface area contributed by atoms with Crippen molar-refractivity contribution >= 4 is 0 Å². The van der Waals surface area contributed by atoms with Gasteiger partial charge in [-0.15, -0.1) is 0 Å². The summed E-state index contributed by atoms with van der Waals surface area (Å²) in [6, 6.07) is 8.60. The minimum absolute atomic E-state index is 0.906. The molecule has 1 aromatic heterocycles. The van der Waals surface area contributed by atoms with E-state index >= 15 is 0 Å². The van der Waals surface area contributed by atoms with Crippen LogP contribution < -0.4 is 5.32 Å². The highest BCUT2D eigenvalue weighted by Crippen LogP contribution is 2.29. The number of rotatable bonds is 5. The maximum absolute atomic E-state index is 4.62. The molecule has 0 amide bonds. The fourth-order valence-corrected chi connectivity index (χ4v) is 2.57. The van der Waals surface area contributed by atoms with E-state index in [-0.39, 0.29) is 0 Å². The zero-order valence-electron chi connectivity index (χ0n) is 12.3. The lowest BCUT2D eigenvalue weighted by Gasteiger charge is -2.10. The van der Waals surface area contributed by atoms with Gasteiger partial charge in [-0.25, -0.2) is 0 Å². The van der Waals surface area contributed by atoms with Gasteiger partial charge in [0.1, 0.15) is 0 Å². The third kappa shape index (κ3) is 2.71. The molecule has 1 N–H and O–H groups in total. The van der Waals surface area contributed by atoms with E-state index in [0.717, 1.165) is 25.3 Å². The molecule has 1 heterocycles. The van der Waals surface area contributed by atoms with Gasteiger partial charge in [-0.2, -0.15) is 5.10 Å². The standard InChI is InChI=1S/C16H23N3/c1-5-17-11-14-9-7-8-10-15(14)16-12(3)18-19(6-2)13(16)4/h7-10,17H,5-6,11H2,1-4H3. The summed E-state index contributed by atoms with van der Waals surface area (Å²) in [6.07, 6.45) is 0. The Labute approximate surface area is 115 Å². The monoisotopic (exact) mass is 257 g/mol. The SMILES string of the molecule is CCNCc1ccccc1-c1c(C)nn(CC)c1C. The largest absolute Gasteiger partial charge is 0.313 e. The molecule has 0 atom stereocenters. The number of aryl methyl sites for hydroxylation is 2. The van der Waals surface area contributed by atoms with Crippen LogP contribution in [-0.2, 0) is 13.1 Å². The Kier molecular flexibility index (Phi) is 4.38. The van der Waals surface area contributed by atoms with Crippen LogP contribution in [0.4, 0.5) is 0 Å². The highest BCUT2D eigenvalue weighted by molar-refractivity contribution is 5.71. The number of benzene rings is 1. The van der Waals surface area contributed by atoms with E-state index in [9.17, 15) is 0 Å². The molecule has 0 radical (unpaired) electrons. The minimum atomic E-state index is 0.906. The summed E-state index contributed by atoms with van der Waals surface area (Å²) in [5, 5.41) is 8.03. The molecule has 0 bridgehead atoms. The summed E-state index contributed by atoms with van der Waals surface area (Å²) in [7, 11) is 0. The fraction of sp³-hybridized carbons (Fsp3) is 0.438. The summed E-state index contributed by atoms with van der Waals surface area (Å²) in [5.74, 6) is 0. The molecule has 19 heavy (non-hydrogen) atoms. The van der Waals surface area contributed by atoms with Gasteiger partial charge in [0.25, 0.3) is 0 Å². The van der Waals surface area contributed by atoms with Crippen molar-refractivity contribution in [3.05, 3.63) is 41.2 Å². The van der Waals surface area contributed by atoms with Crippen molar-refractivity contribution in [3.8, 4) is 11.1 Å². The molecule has 102 valence electrons. The summed E-state index contributed by atoms with van der Waals surface area (Å²) in [4.78, 5) is 0. The second kappa shape index (κ2) is 6.02. The Bertz CT molecular complexity index is 555. The van der Waals surface area contributed by atoms with Crippen molar-refractivity contribution in [1.29, 1.82) is 0 Å². The van der Waals surface area contributed by atoms with E-state index in [1.807, 2.05) is 0 Å². The van der Waals surface area contributed by atoms with Crippen LogP contribution in [0.2, 0.25) is 0 Å². The van der Waals surface area contributed by atoms with E-state index in [1.54, 1.807) is 0 Å². The molecule has 0 unspecified atom stereocenters. The third-order valence-electron chi connectivity index (χ3n) is 3.53. The van der Waals surface area contributed by atoms with Gasteiger partial charge >= 0.3 is 0 Å². The van der Waals surface area contributed by atoms with Crippen LogP contribution >= 0.6 is 0 Å². The summed E-state index contributed by atoms with van der Waals surface area (Å²) in [6.45, 7) is 11.3. The van der Waals surface area contributed by atoms with Gasteiger partial charge in [0.05, 0.1) is 5.69 Å². The van der Waals surface area contributed by atoms with Gasteiger partial charge < -0.3 is 5.32 Å². The Morgan fingerprint density at radius 2 is 1.89 bits per heavy atom. The molecule has 0 saturated heterocycles. The molecule has 0 fully saturated rings. The normalized spacial score (nSPS) is 10.9. The Morgan fingerprint density at radius 1 is 1.16 bits per heavy atom. The van der Waals surface area contributed by atoms with Gasteiger partial charge in [-0.05, 0) is 38.4 Å². The van der Waals surface area contributed by atoms with Crippen LogP contribution in [0.25, 0.3) is 11.1 Å². The van der Waals surface area contributed by atoms with Crippen LogP contribution in [0.3, 0.4) is 0 Å². The Hall–Kier alpha value is -1.61. The van der Waals surface area contributed by atoms with Crippen LogP contribution in [0.15, 0.2) is 24.3 Å². The molecule has 1 aromatic carbocycles. The summed E-state index contributed by atoms with van der Waals surface area (Å²) in [5.41, 5.74) is 6.30. The number of hydrogen-bond donors (Lipinski definition) is 1. The first kappa shape index (κ1) is 13.8. The van der Waals surface area contributed by atoms with Crippen molar-refractivity contribution in [2.24, 2.45) is 0 Å². The molecular weight excluding hydrogens is 234 g/mol. The van der Waals surface area contributed by atoms with E-state index < -0.39 is 0 Å². The summed E-state index contributed by atoms with van der Waals surface area (Å²) >= 11 is 0. The number of nitrogens with one attached hydrogen (secondary N) is 1. The molecule has 0 aliphatic rings. The second-order valence-corrected chi connectivity index (χ2v) is 4.80. The van der Waals surface area contributed by atoms with E-state index in [1.165, 1.54) is 22.4 Å². The Morgan fingerprint density at radius 3 is 2.53 bits per heavy atom. The number of hydrogen-bond acceptors (Lipinski definition) is 2. The van der Waals surface area contributed by atoms with Crippen LogP contribution in [-0.4, -0.2) is 16.3 Å². The first-order valence-electron chi connectivity index (χ1n) is 7.02. The van der Waals surface area contributed by atoms with Gasteiger partial charge in [0, 0.05) is 24.3 Å². The lowest BCUT2D eigenvalue weighted by molar-refractivity contribution is 0.634. The molecule has 0 saturated carbocycles. The smallest absolute Gasteiger partial charge is 0.0675 e. The quantitative estimate of drug-likeness (QED) is 0.890. The molecule has 2 aromatic rings. The molecular formula is C16H23N3. The molecule has 3 nitrogen and oxygen atoms in total.